The van der Waals surface area contributed by atoms with Gasteiger partial charge in [0.05, 0.1) is 17.6 Å². The summed E-state index contributed by atoms with van der Waals surface area (Å²) in [7, 11) is 1.94. The molecule has 1 aliphatic heterocycles. The van der Waals surface area contributed by atoms with Crippen LogP contribution in [0.5, 0.6) is 0 Å². The summed E-state index contributed by atoms with van der Waals surface area (Å²) >= 11 is 0. The van der Waals surface area contributed by atoms with E-state index < -0.39 is 0 Å². The van der Waals surface area contributed by atoms with Crippen LogP contribution in [0.4, 0.5) is 5.69 Å². The Kier molecular flexibility index (Phi) is 2.37. The number of benzene rings is 1. The van der Waals surface area contributed by atoms with Crippen LogP contribution in [0.2, 0.25) is 0 Å². The molecular formula is C13H16N4. The fourth-order valence-electron chi connectivity index (χ4n) is 2.40. The van der Waals surface area contributed by atoms with E-state index in [4.69, 9.17) is 5.73 Å². The van der Waals surface area contributed by atoms with Crippen molar-refractivity contribution in [1.29, 1.82) is 0 Å². The van der Waals surface area contributed by atoms with E-state index >= 15 is 0 Å². The number of nitrogen functional groups attached to an aromatic ring is 1. The molecule has 0 saturated heterocycles. The van der Waals surface area contributed by atoms with Gasteiger partial charge in [-0.05, 0) is 11.1 Å². The van der Waals surface area contributed by atoms with Crippen molar-refractivity contribution in [2.24, 2.45) is 7.05 Å². The highest BCUT2D eigenvalue weighted by Crippen LogP contribution is 2.24. The van der Waals surface area contributed by atoms with E-state index in [0.29, 0.717) is 0 Å². The molecule has 0 bridgehead atoms. The maximum Gasteiger partial charge on any atom is 0.0750 e. The van der Waals surface area contributed by atoms with E-state index in [9.17, 15) is 0 Å². The van der Waals surface area contributed by atoms with Gasteiger partial charge in [-0.3, -0.25) is 9.58 Å². The van der Waals surface area contributed by atoms with E-state index in [2.05, 4.69) is 34.3 Å². The smallest absolute Gasteiger partial charge is 0.0750 e. The summed E-state index contributed by atoms with van der Waals surface area (Å²) in [6.45, 7) is 2.86. The third kappa shape index (κ3) is 1.80. The van der Waals surface area contributed by atoms with Gasteiger partial charge in [0.25, 0.3) is 0 Å². The number of aryl methyl sites for hydroxylation is 1. The molecule has 0 aliphatic carbocycles. The van der Waals surface area contributed by atoms with Gasteiger partial charge in [-0.1, -0.05) is 24.3 Å². The van der Waals surface area contributed by atoms with Crippen molar-refractivity contribution in [1.82, 2.24) is 14.7 Å². The standard InChI is InChI=1S/C13H16N4/c1-16-13(12(14)6-15-16)9-17-7-10-4-2-3-5-11(10)8-17/h2-6H,7-9,14H2,1H3. The predicted octanol–water partition coefficient (Wildman–Crippen LogP) is 1.52. The van der Waals surface area contributed by atoms with Gasteiger partial charge in [0.1, 0.15) is 0 Å². The van der Waals surface area contributed by atoms with Gasteiger partial charge in [-0.25, -0.2) is 0 Å². The van der Waals surface area contributed by atoms with Gasteiger partial charge in [-0.15, -0.1) is 0 Å². The van der Waals surface area contributed by atoms with Gasteiger partial charge in [-0.2, -0.15) is 5.10 Å². The first-order valence-corrected chi connectivity index (χ1v) is 5.79. The highest BCUT2D eigenvalue weighted by molar-refractivity contribution is 5.41. The van der Waals surface area contributed by atoms with Crippen LogP contribution >= 0.6 is 0 Å². The van der Waals surface area contributed by atoms with E-state index in [0.717, 1.165) is 31.0 Å². The van der Waals surface area contributed by atoms with Crippen molar-refractivity contribution in [3.63, 3.8) is 0 Å². The van der Waals surface area contributed by atoms with Gasteiger partial charge in [0.2, 0.25) is 0 Å². The van der Waals surface area contributed by atoms with Crippen molar-refractivity contribution in [2.45, 2.75) is 19.6 Å². The molecule has 3 rings (SSSR count). The third-order valence-corrected chi connectivity index (χ3v) is 3.37. The van der Waals surface area contributed by atoms with Crippen LogP contribution in [-0.4, -0.2) is 14.7 Å². The zero-order valence-corrected chi connectivity index (χ0v) is 9.93. The molecule has 0 saturated carbocycles. The number of nitrogens with zero attached hydrogens (tertiary/aromatic N) is 3. The zero-order valence-electron chi connectivity index (χ0n) is 9.93. The van der Waals surface area contributed by atoms with Crippen molar-refractivity contribution in [2.75, 3.05) is 5.73 Å². The van der Waals surface area contributed by atoms with Gasteiger partial charge in [0.15, 0.2) is 0 Å². The number of aromatic nitrogens is 2. The average molecular weight is 228 g/mol. The van der Waals surface area contributed by atoms with Crippen LogP contribution in [0, 0.1) is 0 Å². The lowest BCUT2D eigenvalue weighted by molar-refractivity contribution is 0.268. The summed E-state index contributed by atoms with van der Waals surface area (Å²) in [6.07, 6.45) is 1.72. The first kappa shape index (κ1) is 10.4. The highest BCUT2D eigenvalue weighted by Gasteiger charge is 2.20. The van der Waals surface area contributed by atoms with Crippen molar-refractivity contribution < 1.29 is 0 Å². The molecule has 2 N–H and O–H groups in total. The second-order valence-corrected chi connectivity index (χ2v) is 4.58. The minimum absolute atomic E-state index is 0.781. The molecule has 88 valence electrons. The molecule has 17 heavy (non-hydrogen) atoms. The molecule has 2 heterocycles. The Balaban J connectivity index is 1.78. The minimum atomic E-state index is 0.781. The number of fused-ring (bicyclic) bond motifs is 1. The lowest BCUT2D eigenvalue weighted by Gasteiger charge is -2.15. The second-order valence-electron chi connectivity index (χ2n) is 4.58. The molecule has 0 amide bonds. The fourth-order valence-corrected chi connectivity index (χ4v) is 2.40. The Labute approximate surface area is 101 Å². The molecule has 4 heteroatoms. The Morgan fingerprint density at radius 3 is 2.41 bits per heavy atom. The van der Waals surface area contributed by atoms with Crippen LogP contribution in [0.3, 0.4) is 0 Å². The summed E-state index contributed by atoms with van der Waals surface area (Å²) in [5.41, 5.74) is 10.6. The Bertz CT molecular complexity index is 500. The van der Waals surface area contributed by atoms with Crippen LogP contribution in [0.1, 0.15) is 16.8 Å². The molecule has 2 aromatic rings. The molecular weight excluding hydrogens is 212 g/mol. The van der Waals surface area contributed by atoms with Gasteiger partial charge < -0.3 is 5.73 Å². The van der Waals surface area contributed by atoms with Crippen LogP contribution in [0.15, 0.2) is 30.5 Å². The maximum absolute atomic E-state index is 5.91. The number of nitrogens with two attached hydrogens (primary N) is 1. The quantitative estimate of drug-likeness (QED) is 0.847. The Morgan fingerprint density at radius 2 is 1.88 bits per heavy atom. The molecule has 1 aromatic carbocycles. The number of hydrogen-bond acceptors (Lipinski definition) is 3. The summed E-state index contributed by atoms with van der Waals surface area (Å²) in [6, 6.07) is 8.59. The summed E-state index contributed by atoms with van der Waals surface area (Å²) in [4.78, 5) is 2.39. The molecule has 0 fully saturated rings. The highest BCUT2D eigenvalue weighted by atomic mass is 15.3. The molecule has 0 radical (unpaired) electrons. The normalized spacial score (nSPS) is 15.1. The van der Waals surface area contributed by atoms with Crippen molar-refractivity contribution in [3.05, 3.63) is 47.3 Å². The summed E-state index contributed by atoms with van der Waals surface area (Å²) < 4.78 is 1.86. The molecule has 1 aromatic heterocycles. The Morgan fingerprint density at radius 1 is 1.24 bits per heavy atom. The predicted molar refractivity (Wildman–Crippen MR) is 67.0 cm³/mol. The second kappa shape index (κ2) is 3.89. The zero-order chi connectivity index (χ0) is 11.8. The van der Waals surface area contributed by atoms with Gasteiger partial charge >= 0.3 is 0 Å². The molecule has 0 unspecified atom stereocenters. The van der Waals surface area contributed by atoms with Gasteiger partial charge in [0, 0.05) is 26.7 Å². The number of anilines is 1. The topological polar surface area (TPSA) is 47.1 Å². The van der Waals surface area contributed by atoms with Crippen molar-refractivity contribution >= 4 is 5.69 Å². The van der Waals surface area contributed by atoms with Crippen LogP contribution < -0.4 is 5.73 Å². The fraction of sp³-hybridized carbons (Fsp3) is 0.308. The monoisotopic (exact) mass is 228 g/mol. The van der Waals surface area contributed by atoms with Crippen LogP contribution in [-0.2, 0) is 26.7 Å². The number of hydrogen-bond donors (Lipinski definition) is 1. The minimum Gasteiger partial charge on any atom is -0.396 e. The lowest BCUT2D eigenvalue weighted by atomic mass is 10.1. The van der Waals surface area contributed by atoms with Crippen molar-refractivity contribution in [3.8, 4) is 0 Å². The molecule has 4 nitrogen and oxygen atoms in total. The molecule has 1 aliphatic rings. The number of rotatable bonds is 2. The largest absolute Gasteiger partial charge is 0.396 e. The van der Waals surface area contributed by atoms with E-state index in [-0.39, 0.29) is 0 Å². The first-order chi connectivity index (χ1) is 8.24. The average Bonchev–Trinajstić information content (AvgIpc) is 2.87. The SMILES string of the molecule is Cn1ncc(N)c1CN1Cc2ccccc2C1. The van der Waals surface area contributed by atoms with E-state index in [1.54, 1.807) is 6.20 Å². The first-order valence-electron chi connectivity index (χ1n) is 5.79. The summed E-state index contributed by atoms with van der Waals surface area (Å²) in [5.74, 6) is 0. The Hall–Kier alpha value is -1.81. The molecule has 0 spiro atoms. The molecule has 0 atom stereocenters. The maximum atomic E-state index is 5.91. The lowest BCUT2D eigenvalue weighted by Crippen LogP contribution is -2.18. The summed E-state index contributed by atoms with van der Waals surface area (Å²) in [5, 5.41) is 4.17. The third-order valence-electron chi connectivity index (χ3n) is 3.37. The van der Waals surface area contributed by atoms with E-state index in [1.165, 1.54) is 11.1 Å². The van der Waals surface area contributed by atoms with Crippen LogP contribution in [0.25, 0.3) is 0 Å². The van der Waals surface area contributed by atoms with E-state index in [1.807, 2.05) is 11.7 Å².